The maximum Gasteiger partial charge on any atom is 0.307 e. The predicted octanol–water partition coefficient (Wildman–Crippen LogP) is 2.96. The molecule has 0 heterocycles. The Morgan fingerprint density at radius 1 is 1.44 bits per heavy atom. The smallest absolute Gasteiger partial charge is 0.307 e. The SMILES string of the molecule is CC(Cc1cccc(Cl)c1)CC(N)C(C)C(=O)O. The van der Waals surface area contributed by atoms with Crippen molar-refractivity contribution in [2.24, 2.45) is 17.6 Å². The highest BCUT2D eigenvalue weighted by Crippen LogP contribution is 2.19. The van der Waals surface area contributed by atoms with Crippen molar-refractivity contribution in [3.05, 3.63) is 34.9 Å². The first-order valence-corrected chi connectivity index (χ1v) is 6.50. The third kappa shape index (κ3) is 4.67. The minimum atomic E-state index is -0.836. The molecule has 0 aliphatic heterocycles. The molecule has 0 spiro atoms. The van der Waals surface area contributed by atoms with Crippen LogP contribution in [-0.2, 0) is 11.2 Å². The summed E-state index contributed by atoms with van der Waals surface area (Å²) in [4.78, 5) is 10.8. The second-order valence-corrected chi connectivity index (χ2v) is 5.40. The van der Waals surface area contributed by atoms with Gasteiger partial charge in [0.1, 0.15) is 0 Å². The van der Waals surface area contributed by atoms with Crippen LogP contribution in [0.3, 0.4) is 0 Å². The van der Waals surface area contributed by atoms with E-state index in [9.17, 15) is 4.79 Å². The van der Waals surface area contributed by atoms with E-state index in [0.29, 0.717) is 12.3 Å². The quantitative estimate of drug-likeness (QED) is 0.835. The molecule has 3 unspecified atom stereocenters. The highest BCUT2D eigenvalue weighted by molar-refractivity contribution is 6.30. The number of hydrogen-bond donors (Lipinski definition) is 2. The number of hydrogen-bond acceptors (Lipinski definition) is 2. The number of rotatable bonds is 6. The van der Waals surface area contributed by atoms with Gasteiger partial charge in [-0.2, -0.15) is 0 Å². The van der Waals surface area contributed by atoms with Gasteiger partial charge in [-0.1, -0.05) is 37.6 Å². The molecule has 0 aliphatic rings. The summed E-state index contributed by atoms with van der Waals surface area (Å²) < 4.78 is 0. The average Bonchev–Trinajstić information content (AvgIpc) is 2.27. The molecule has 1 aromatic rings. The molecule has 3 nitrogen and oxygen atoms in total. The first-order valence-electron chi connectivity index (χ1n) is 6.13. The summed E-state index contributed by atoms with van der Waals surface area (Å²) in [7, 11) is 0. The van der Waals surface area contributed by atoms with Crippen LogP contribution in [0, 0.1) is 11.8 Å². The summed E-state index contributed by atoms with van der Waals surface area (Å²) in [5, 5.41) is 9.62. The molecule has 18 heavy (non-hydrogen) atoms. The minimum absolute atomic E-state index is 0.309. The van der Waals surface area contributed by atoms with Gasteiger partial charge in [0.05, 0.1) is 5.92 Å². The maximum atomic E-state index is 10.8. The van der Waals surface area contributed by atoms with Gasteiger partial charge in [0.2, 0.25) is 0 Å². The molecule has 100 valence electrons. The Hall–Kier alpha value is -1.06. The molecule has 0 bridgehead atoms. The van der Waals surface area contributed by atoms with Gasteiger partial charge >= 0.3 is 5.97 Å². The van der Waals surface area contributed by atoms with Gasteiger partial charge in [0, 0.05) is 11.1 Å². The van der Waals surface area contributed by atoms with Gasteiger partial charge in [-0.15, -0.1) is 0 Å². The van der Waals surface area contributed by atoms with Crippen LogP contribution in [0.5, 0.6) is 0 Å². The van der Waals surface area contributed by atoms with Crippen LogP contribution in [0.4, 0.5) is 0 Å². The lowest BCUT2D eigenvalue weighted by Gasteiger charge is -2.20. The average molecular weight is 270 g/mol. The summed E-state index contributed by atoms with van der Waals surface area (Å²) in [5.74, 6) is -1.01. The van der Waals surface area contributed by atoms with Crippen molar-refractivity contribution in [2.75, 3.05) is 0 Å². The Bertz CT molecular complexity index is 409. The van der Waals surface area contributed by atoms with Crippen molar-refractivity contribution in [1.29, 1.82) is 0 Å². The molecule has 0 aliphatic carbocycles. The molecule has 1 aromatic carbocycles. The molecule has 3 N–H and O–H groups in total. The number of carboxylic acids is 1. The lowest BCUT2D eigenvalue weighted by atomic mass is 9.89. The largest absolute Gasteiger partial charge is 0.481 e. The van der Waals surface area contributed by atoms with Crippen LogP contribution in [0.15, 0.2) is 24.3 Å². The van der Waals surface area contributed by atoms with Crippen LogP contribution in [0.2, 0.25) is 5.02 Å². The van der Waals surface area contributed by atoms with Crippen LogP contribution in [-0.4, -0.2) is 17.1 Å². The van der Waals surface area contributed by atoms with Gasteiger partial charge < -0.3 is 10.8 Å². The molecule has 1 rings (SSSR count). The number of aliphatic carboxylic acids is 1. The van der Waals surface area contributed by atoms with Crippen molar-refractivity contribution in [2.45, 2.75) is 32.7 Å². The zero-order valence-electron chi connectivity index (χ0n) is 10.8. The lowest BCUT2D eigenvalue weighted by Crippen LogP contribution is -2.35. The van der Waals surface area contributed by atoms with Crippen molar-refractivity contribution < 1.29 is 9.90 Å². The van der Waals surface area contributed by atoms with Gasteiger partial charge in [0.25, 0.3) is 0 Å². The summed E-state index contributed by atoms with van der Waals surface area (Å²) in [6.07, 6.45) is 1.56. The molecule has 0 amide bonds. The summed E-state index contributed by atoms with van der Waals surface area (Å²) in [6, 6.07) is 7.41. The lowest BCUT2D eigenvalue weighted by molar-refractivity contribution is -0.141. The van der Waals surface area contributed by atoms with Crippen LogP contribution < -0.4 is 5.73 Å². The summed E-state index contributed by atoms with van der Waals surface area (Å²) in [6.45, 7) is 3.73. The maximum absolute atomic E-state index is 10.8. The van der Waals surface area contributed by atoms with Crippen molar-refractivity contribution in [1.82, 2.24) is 0 Å². The van der Waals surface area contributed by atoms with Gasteiger partial charge in [-0.3, -0.25) is 4.79 Å². The predicted molar refractivity (Wildman–Crippen MR) is 73.7 cm³/mol. The standard InChI is InChI=1S/C14H20ClNO2/c1-9(7-13(16)10(2)14(17)18)6-11-4-3-5-12(15)8-11/h3-5,8-10,13H,6-7,16H2,1-2H3,(H,17,18). The number of carboxylic acid groups (broad SMARTS) is 1. The van der Waals surface area contributed by atoms with E-state index in [0.717, 1.165) is 17.0 Å². The fourth-order valence-electron chi connectivity index (χ4n) is 2.00. The van der Waals surface area contributed by atoms with E-state index in [4.69, 9.17) is 22.4 Å². The fraction of sp³-hybridized carbons (Fsp3) is 0.500. The second kappa shape index (κ2) is 6.76. The second-order valence-electron chi connectivity index (χ2n) is 4.97. The van der Waals surface area contributed by atoms with Gasteiger partial charge in [0.15, 0.2) is 0 Å². The fourth-order valence-corrected chi connectivity index (χ4v) is 2.21. The number of halogens is 1. The molecular weight excluding hydrogens is 250 g/mol. The Labute approximate surface area is 113 Å². The monoisotopic (exact) mass is 269 g/mol. The van der Waals surface area contributed by atoms with E-state index in [1.807, 2.05) is 24.3 Å². The Kier molecular flexibility index (Phi) is 5.63. The van der Waals surface area contributed by atoms with Gasteiger partial charge in [-0.05, 0) is 36.5 Å². The van der Waals surface area contributed by atoms with Crippen LogP contribution in [0.1, 0.15) is 25.8 Å². The van der Waals surface area contributed by atoms with Gasteiger partial charge in [-0.25, -0.2) is 0 Å². The van der Waals surface area contributed by atoms with E-state index in [-0.39, 0.29) is 6.04 Å². The molecule has 3 atom stereocenters. The Balaban J connectivity index is 2.51. The molecule has 0 saturated heterocycles. The first kappa shape index (κ1) is 15.0. The third-order valence-corrected chi connectivity index (χ3v) is 3.41. The molecule has 0 fully saturated rings. The Morgan fingerprint density at radius 3 is 2.67 bits per heavy atom. The highest BCUT2D eigenvalue weighted by Gasteiger charge is 2.21. The number of nitrogens with two attached hydrogens (primary N) is 1. The normalized spacial score (nSPS) is 16.0. The van der Waals surface area contributed by atoms with Crippen molar-refractivity contribution >= 4 is 17.6 Å². The molecule has 0 aromatic heterocycles. The van der Waals surface area contributed by atoms with E-state index < -0.39 is 11.9 Å². The van der Waals surface area contributed by atoms with Crippen molar-refractivity contribution in [3.63, 3.8) is 0 Å². The summed E-state index contributed by atoms with van der Waals surface area (Å²) in [5.41, 5.74) is 7.05. The highest BCUT2D eigenvalue weighted by atomic mass is 35.5. The van der Waals surface area contributed by atoms with Crippen molar-refractivity contribution in [3.8, 4) is 0 Å². The number of carbonyl (C=O) groups is 1. The van der Waals surface area contributed by atoms with E-state index in [1.54, 1.807) is 6.92 Å². The van der Waals surface area contributed by atoms with E-state index in [2.05, 4.69) is 6.92 Å². The van der Waals surface area contributed by atoms with Crippen LogP contribution >= 0.6 is 11.6 Å². The zero-order valence-corrected chi connectivity index (χ0v) is 11.5. The third-order valence-electron chi connectivity index (χ3n) is 3.18. The van der Waals surface area contributed by atoms with E-state index in [1.165, 1.54) is 0 Å². The molecule has 4 heteroatoms. The molecule has 0 saturated carbocycles. The Morgan fingerprint density at radius 2 is 2.11 bits per heavy atom. The molecular formula is C14H20ClNO2. The summed E-state index contributed by atoms with van der Waals surface area (Å²) >= 11 is 5.92. The zero-order chi connectivity index (χ0) is 13.7. The molecule has 0 radical (unpaired) electrons. The first-order chi connectivity index (χ1) is 8.40. The van der Waals surface area contributed by atoms with Crippen LogP contribution in [0.25, 0.3) is 0 Å². The van der Waals surface area contributed by atoms with E-state index >= 15 is 0 Å². The number of benzene rings is 1. The minimum Gasteiger partial charge on any atom is -0.481 e. The topological polar surface area (TPSA) is 63.3 Å².